The number of likely N-dealkylation sites (tertiary alicyclic amines) is 1. The molecule has 2 amide bonds. The summed E-state index contributed by atoms with van der Waals surface area (Å²) in [5, 5.41) is 2.96. The number of para-hydroxylation sites is 2. The maximum Gasteiger partial charge on any atom is 0.321 e. The van der Waals surface area contributed by atoms with Crippen molar-refractivity contribution < 1.29 is 14.3 Å². The van der Waals surface area contributed by atoms with Crippen molar-refractivity contribution in [2.45, 2.75) is 25.5 Å². The van der Waals surface area contributed by atoms with Gasteiger partial charge in [-0.2, -0.15) is 0 Å². The van der Waals surface area contributed by atoms with Gasteiger partial charge in [-0.05, 0) is 55.1 Å². The van der Waals surface area contributed by atoms with Crippen LogP contribution in [0.15, 0.2) is 72.8 Å². The Morgan fingerprint density at radius 3 is 2.50 bits per heavy atom. The van der Waals surface area contributed by atoms with Crippen LogP contribution in [0.2, 0.25) is 0 Å². The quantitative estimate of drug-likeness (QED) is 0.507. The van der Waals surface area contributed by atoms with Gasteiger partial charge in [0.1, 0.15) is 17.6 Å². The maximum absolute atomic E-state index is 12.7. The van der Waals surface area contributed by atoms with Crippen LogP contribution in [0.3, 0.4) is 0 Å². The average molecular weight is 460 g/mol. The zero-order valence-corrected chi connectivity index (χ0v) is 20.2. The van der Waals surface area contributed by atoms with Crippen molar-refractivity contribution in [1.82, 2.24) is 9.80 Å². The van der Waals surface area contributed by atoms with E-state index >= 15 is 0 Å². The molecule has 0 radical (unpaired) electrons. The van der Waals surface area contributed by atoms with Crippen LogP contribution in [0.1, 0.15) is 18.4 Å². The standard InChI is InChI=1S/C28H33N3O3/c1-30(2)20-22-9-4-5-12-25(22)21-10-8-11-24(19-21)34-23-15-17-31(18-16-23)28(32)29-26-13-6-7-14-27(26)33-3/h4-14,19,23H,15-18,20H2,1-3H3,(H,29,32). The fourth-order valence-corrected chi connectivity index (χ4v) is 4.33. The number of carbonyl (C=O) groups is 1. The molecule has 0 aromatic heterocycles. The van der Waals surface area contributed by atoms with Crippen molar-refractivity contribution in [3.63, 3.8) is 0 Å². The predicted molar refractivity (Wildman–Crippen MR) is 137 cm³/mol. The van der Waals surface area contributed by atoms with E-state index in [1.54, 1.807) is 7.11 Å². The zero-order valence-electron chi connectivity index (χ0n) is 20.2. The summed E-state index contributed by atoms with van der Waals surface area (Å²) in [5.74, 6) is 1.52. The van der Waals surface area contributed by atoms with E-state index in [-0.39, 0.29) is 12.1 Å². The lowest BCUT2D eigenvalue weighted by Gasteiger charge is -2.32. The minimum Gasteiger partial charge on any atom is -0.495 e. The van der Waals surface area contributed by atoms with Crippen LogP contribution in [0.25, 0.3) is 11.1 Å². The van der Waals surface area contributed by atoms with E-state index < -0.39 is 0 Å². The van der Waals surface area contributed by atoms with Crippen molar-refractivity contribution in [3.8, 4) is 22.6 Å². The Hall–Kier alpha value is -3.51. The monoisotopic (exact) mass is 459 g/mol. The summed E-state index contributed by atoms with van der Waals surface area (Å²) in [6, 6.07) is 24.1. The predicted octanol–water partition coefficient (Wildman–Crippen LogP) is 5.50. The molecule has 1 heterocycles. The van der Waals surface area contributed by atoms with Gasteiger partial charge in [-0.25, -0.2) is 4.79 Å². The summed E-state index contributed by atoms with van der Waals surface area (Å²) in [6.45, 7) is 2.19. The zero-order chi connectivity index (χ0) is 23.9. The average Bonchev–Trinajstić information content (AvgIpc) is 2.85. The number of hydrogen-bond donors (Lipinski definition) is 1. The Morgan fingerprint density at radius 1 is 1.00 bits per heavy atom. The van der Waals surface area contributed by atoms with Crippen LogP contribution in [-0.4, -0.2) is 56.2 Å². The van der Waals surface area contributed by atoms with Gasteiger partial charge in [0.15, 0.2) is 0 Å². The molecule has 0 saturated carbocycles. The Labute approximate surface area is 202 Å². The largest absolute Gasteiger partial charge is 0.495 e. The number of ether oxygens (including phenoxy) is 2. The maximum atomic E-state index is 12.7. The highest BCUT2D eigenvalue weighted by atomic mass is 16.5. The lowest BCUT2D eigenvalue weighted by Crippen LogP contribution is -2.43. The van der Waals surface area contributed by atoms with Gasteiger partial charge < -0.3 is 24.6 Å². The smallest absolute Gasteiger partial charge is 0.321 e. The van der Waals surface area contributed by atoms with Crippen molar-refractivity contribution in [2.75, 3.05) is 39.6 Å². The first kappa shape index (κ1) is 23.6. The number of amides is 2. The van der Waals surface area contributed by atoms with Gasteiger partial charge in [0.05, 0.1) is 12.8 Å². The molecule has 34 heavy (non-hydrogen) atoms. The lowest BCUT2D eigenvalue weighted by atomic mass is 9.99. The van der Waals surface area contributed by atoms with Crippen LogP contribution in [-0.2, 0) is 6.54 Å². The summed E-state index contributed by atoms with van der Waals surface area (Å²) in [4.78, 5) is 16.7. The lowest BCUT2D eigenvalue weighted by molar-refractivity contribution is 0.115. The minimum atomic E-state index is -0.109. The highest BCUT2D eigenvalue weighted by Gasteiger charge is 2.24. The Morgan fingerprint density at radius 2 is 1.74 bits per heavy atom. The van der Waals surface area contributed by atoms with Crippen molar-refractivity contribution in [1.29, 1.82) is 0 Å². The normalized spacial score (nSPS) is 14.2. The molecule has 1 aliphatic heterocycles. The summed E-state index contributed by atoms with van der Waals surface area (Å²) < 4.78 is 11.7. The van der Waals surface area contributed by atoms with Crippen molar-refractivity contribution in [3.05, 3.63) is 78.4 Å². The van der Waals surface area contributed by atoms with E-state index in [0.29, 0.717) is 24.5 Å². The van der Waals surface area contributed by atoms with Crippen molar-refractivity contribution >= 4 is 11.7 Å². The van der Waals surface area contributed by atoms with E-state index in [1.165, 1.54) is 11.1 Å². The number of hydrogen-bond acceptors (Lipinski definition) is 4. The SMILES string of the molecule is COc1ccccc1NC(=O)N1CCC(Oc2cccc(-c3ccccc3CN(C)C)c2)CC1. The first-order valence-corrected chi connectivity index (χ1v) is 11.7. The van der Waals surface area contributed by atoms with Crippen molar-refractivity contribution in [2.24, 2.45) is 0 Å². The van der Waals surface area contributed by atoms with Gasteiger partial charge in [-0.1, -0.05) is 48.5 Å². The molecule has 0 spiro atoms. The number of methoxy groups -OCH3 is 1. The topological polar surface area (TPSA) is 54.0 Å². The molecule has 0 unspecified atom stereocenters. The fourth-order valence-electron chi connectivity index (χ4n) is 4.33. The van der Waals surface area contributed by atoms with Gasteiger partial charge in [-0.15, -0.1) is 0 Å². The Bertz CT molecular complexity index is 1110. The van der Waals surface area contributed by atoms with Crippen LogP contribution >= 0.6 is 0 Å². The van der Waals surface area contributed by atoms with Gasteiger partial charge in [0, 0.05) is 32.5 Å². The van der Waals surface area contributed by atoms with E-state index in [9.17, 15) is 4.79 Å². The molecule has 6 heteroatoms. The number of anilines is 1. The molecule has 0 aliphatic carbocycles. The number of urea groups is 1. The number of piperidine rings is 1. The second-order valence-corrected chi connectivity index (χ2v) is 8.86. The summed E-state index contributed by atoms with van der Waals surface area (Å²) >= 11 is 0. The van der Waals surface area contributed by atoms with Crippen LogP contribution < -0.4 is 14.8 Å². The molecule has 0 atom stereocenters. The molecular formula is C28H33N3O3. The summed E-state index contributed by atoms with van der Waals surface area (Å²) in [5.41, 5.74) is 4.35. The van der Waals surface area contributed by atoms with E-state index in [4.69, 9.17) is 9.47 Å². The summed E-state index contributed by atoms with van der Waals surface area (Å²) in [6.07, 6.45) is 1.67. The Balaban J connectivity index is 1.36. The number of rotatable bonds is 7. The Kier molecular flexibility index (Phi) is 7.70. The highest BCUT2D eigenvalue weighted by Crippen LogP contribution is 2.29. The first-order valence-electron chi connectivity index (χ1n) is 11.7. The minimum absolute atomic E-state index is 0.0857. The molecule has 3 aromatic carbocycles. The first-order chi connectivity index (χ1) is 16.5. The molecule has 1 aliphatic rings. The third kappa shape index (κ3) is 5.88. The molecule has 6 nitrogen and oxygen atoms in total. The fraction of sp³-hybridized carbons (Fsp3) is 0.321. The second-order valence-electron chi connectivity index (χ2n) is 8.86. The van der Waals surface area contributed by atoms with Crippen LogP contribution in [0, 0.1) is 0 Å². The molecule has 178 valence electrons. The molecule has 1 fully saturated rings. The van der Waals surface area contributed by atoms with Gasteiger partial charge in [0.2, 0.25) is 0 Å². The van der Waals surface area contributed by atoms with E-state index in [0.717, 1.165) is 30.7 Å². The van der Waals surface area contributed by atoms with E-state index in [2.05, 4.69) is 60.7 Å². The molecule has 3 aromatic rings. The number of nitrogens with one attached hydrogen (secondary N) is 1. The van der Waals surface area contributed by atoms with Gasteiger partial charge in [0.25, 0.3) is 0 Å². The molecular weight excluding hydrogens is 426 g/mol. The van der Waals surface area contributed by atoms with Gasteiger partial charge in [-0.3, -0.25) is 0 Å². The van der Waals surface area contributed by atoms with Crippen LogP contribution in [0.4, 0.5) is 10.5 Å². The van der Waals surface area contributed by atoms with Gasteiger partial charge >= 0.3 is 6.03 Å². The molecule has 1 saturated heterocycles. The van der Waals surface area contributed by atoms with Crippen LogP contribution in [0.5, 0.6) is 11.5 Å². The molecule has 0 bridgehead atoms. The molecule has 4 rings (SSSR count). The third-order valence-corrected chi connectivity index (χ3v) is 6.03. The number of benzene rings is 3. The van der Waals surface area contributed by atoms with E-state index in [1.807, 2.05) is 41.3 Å². The number of nitrogens with zero attached hydrogens (tertiary/aromatic N) is 2. The highest BCUT2D eigenvalue weighted by molar-refractivity contribution is 5.91. The third-order valence-electron chi connectivity index (χ3n) is 6.03. The number of carbonyl (C=O) groups excluding carboxylic acids is 1. The molecule has 1 N–H and O–H groups in total. The summed E-state index contributed by atoms with van der Waals surface area (Å²) in [7, 11) is 5.77. The second kappa shape index (κ2) is 11.1.